The molecule has 1 unspecified atom stereocenters. The van der Waals surface area contributed by atoms with Crippen molar-refractivity contribution in [3.8, 4) is 5.75 Å². The summed E-state index contributed by atoms with van der Waals surface area (Å²) in [5, 5.41) is 0. The van der Waals surface area contributed by atoms with Crippen LogP contribution in [0.2, 0.25) is 0 Å². The van der Waals surface area contributed by atoms with Gasteiger partial charge in [-0.05, 0) is 67.8 Å². The van der Waals surface area contributed by atoms with Gasteiger partial charge in [0.2, 0.25) is 0 Å². The lowest BCUT2D eigenvalue weighted by molar-refractivity contribution is 0.261. The lowest BCUT2D eigenvalue weighted by Gasteiger charge is -2.32. The Morgan fingerprint density at radius 2 is 2.00 bits per heavy atom. The molecule has 0 aliphatic carbocycles. The van der Waals surface area contributed by atoms with E-state index in [4.69, 9.17) is 4.74 Å². The molecular weight excluding hydrogens is 377 g/mol. The highest BCUT2D eigenvalue weighted by Crippen LogP contribution is 2.40. The number of aromatic nitrogens is 1. The Labute approximate surface area is 176 Å². The van der Waals surface area contributed by atoms with Crippen LogP contribution in [0.5, 0.6) is 5.75 Å². The first kappa shape index (κ1) is 19.1. The Bertz CT molecular complexity index is 1010. The molecule has 1 atom stereocenters. The molecule has 0 amide bonds. The molecule has 0 radical (unpaired) electrons. The highest BCUT2D eigenvalue weighted by atomic mass is 19.1. The number of benzene rings is 2. The van der Waals surface area contributed by atoms with E-state index in [0.29, 0.717) is 12.6 Å². The molecule has 1 saturated heterocycles. The second kappa shape index (κ2) is 8.44. The number of nitrogens with zero attached hydrogens (tertiary/aromatic N) is 3. The molecule has 2 aromatic carbocycles. The smallest absolute Gasteiger partial charge is 0.143 e. The molecule has 3 aromatic rings. The van der Waals surface area contributed by atoms with Crippen LogP contribution in [0.1, 0.15) is 24.0 Å². The fraction of sp³-hybridized carbons (Fsp3) is 0.320. The van der Waals surface area contributed by atoms with E-state index >= 15 is 0 Å². The minimum Gasteiger partial charge on any atom is -0.487 e. The fourth-order valence-corrected chi connectivity index (χ4v) is 4.64. The second-order valence-corrected chi connectivity index (χ2v) is 8.08. The molecule has 0 bridgehead atoms. The molecule has 2 aliphatic heterocycles. The molecule has 0 N–H and O–H groups in total. The zero-order valence-corrected chi connectivity index (χ0v) is 17.0. The summed E-state index contributed by atoms with van der Waals surface area (Å²) in [7, 11) is 0. The Hall–Kier alpha value is -2.92. The zero-order valence-electron chi connectivity index (χ0n) is 17.0. The summed E-state index contributed by atoms with van der Waals surface area (Å²) in [4.78, 5) is 9.15. The van der Waals surface area contributed by atoms with E-state index in [1.165, 1.54) is 18.4 Å². The number of fused-ring (bicyclic) bond motifs is 2. The van der Waals surface area contributed by atoms with Crippen molar-refractivity contribution in [2.75, 3.05) is 24.5 Å². The Morgan fingerprint density at radius 3 is 2.90 bits per heavy atom. The molecule has 0 saturated carbocycles. The molecular formula is C25H26FN3O. The maximum atomic E-state index is 13.9. The van der Waals surface area contributed by atoms with Gasteiger partial charge in [0.05, 0.1) is 5.69 Å². The van der Waals surface area contributed by atoms with E-state index < -0.39 is 0 Å². The van der Waals surface area contributed by atoms with Crippen LogP contribution >= 0.6 is 0 Å². The van der Waals surface area contributed by atoms with E-state index in [1.54, 1.807) is 12.1 Å². The fourth-order valence-electron chi connectivity index (χ4n) is 4.64. The number of anilines is 2. The third-order valence-electron chi connectivity index (χ3n) is 6.17. The van der Waals surface area contributed by atoms with Crippen LogP contribution in [0.25, 0.3) is 0 Å². The van der Waals surface area contributed by atoms with Crippen molar-refractivity contribution in [1.82, 2.24) is 9.88 Å². The van der Waals surface area contributed by atoms with E-state index in [1.807, 2.05) is 42.7 Å². The minimum atomic E-state index is -0.220. The van der Waals surface area contributed by atoms with E-state index in [9.17, 15) is 4.39 Å². The molecule has 4 nitrogen and oxygen atoms in total. The lowest BCUT2D eigenvalue weighted by atomic mass is 10.1. The predicted molar refractivity (Wildman–Crippen MR) is 117 cm³/mol. The van der Waals surface area contributed by atoms with Crippen molar-refractivity contribution >= 4 is 11.4 Å². The summed E-state index contributed by atoms with van der Waals surface area (Å²) in [5.41, 5.74) is 4.27. The van der Waals surface area contributed by atoms with Gasteiger partial charge in [-0.3, -0.25) is 9.88 Å². The van der Waals surface area contributed by atoms with Gasteiger partial charge >= 0.3 is 0 Å². The standard InChI is InChI=1S/C25H26FN3O/c26-21-9-10-23-20(15-21)18-30-25-8-2-1-7-24(25)29(23)17-22-6-4-13-28(22)14-11-19-5-3-12-27-16-19/h1-3,5,7-10,12,15-16,22H,4,6,11,13-14,17-18H2. The van der Waals surface area contributed by atoms with Crippen molar-refractivity contribution in [3.63, 3.8) is 0 Å². The third kappa shape index (κ3) is 3.90. The van der Waals surface area contributed by atoms with Crippen molar-refractivity contribution in [1.29, 1.82) is 0 Å². The lowest BCUT2D eigenvalue weighted by Crippen LogP contribution is -2.39. The van der Waals surface area contributed by atoms with Gasteiger partial charge in [0, 0.05) is 42.8 Å². The average molecular weight is 404 g/mol. The van der Waals surface area contributed by atoms with Crippen LogP contribution in [-0.4, -0.2) is 35.6 Å². The third-order valence-corrected chi connectivity index (χ3v) is 6.17. The van der Waals surface area contributed by atoms with Crippen LogP contribution in [0, 0.1) is 5.82 Å². The molecule has 0 spiro atoms. The first-order valence-corrected chi connectivity index (χ1v) is 10.7. The summed E-state index contributed by atoms with van der Waals surface area (Å²) in [6.07, 6.45) is 7.16. The SMILES string of the molecule is Fc1ccc2c(c1)COc1ccccc1N2CC1CCCN1CCc1cccnc1. The molecule has 2 aliphatic rings. The van der Waals surface area contributed by atoms with Crippen molar-refractivity contribution in [2.24, 2.45) is 0 Å². The largest absolute Gasteiger partial charge is 0.487 e. The highest BCUT2D eigenvalue weighted by Gasteiger charge is 2.30. The van der Waals surface area contributed by atoms with Crippen molar-refractivity contribution in [3.05, 3.63) is 83.9 Å². The normalized spacial score (nSPS) is 18.4. The number of rotatable bonds is 5. The van der Waals surface area contributed by atoms with Gasteiger partial charge in [0.25, 0.3) is 0 Å². The first-order valence-electron chi connectivity index (χ1n) is 10.7. The van der Waals surface area contributed by atoms with Crippen molar-refractivity contribution < 1.29 is 9.13 Å². The van der Waals surface area contributed by atoms with Gasteiger partial charge in [-0.15, -0.1) is 0 Å². The summed E-state index contributed by atoms with van der Waals surface area (Å²) < 4.78 is 20.0. The minimum absolute atomic E-state index is 0.220. The maximum Gasteiger partial charge on any atom is 0.143 e. The number of ether oxygens (including phenoxy) is 1. The van der Waals surface area contributed by atoms with Crippen LogP contribution < -0.4 is 9.64 Å². The number of para-hydroxylation sites is 2. The molecule has 5 rings (SSSR count). The van der Waals surface area contributed by atoms with E-state index in [2.05, 4.69) is 26.9 Å². The van der Waals surface area contributed by atoms with Gasteiger partial charge in [-0.25, -0.2) is 4.39 Å². The van der Waals surface area contributed by atoms with E-state index in [-0.39, 0.29) is 5.82 Å². The first-order chi connectivity index (χ1) is 14.8. The van der Waals surface area contributed by atoms with Crippen LogP contribution in [0.4, 0.5) is 15.8 Å². The number of halogens is 1. The molecule has 1 aromatic heterocycles. The zero-order chi connectivity index (χ0) is 20.3. The summed E-state index contributed by atoms with van der Waals surface area (Å²) >= 11 is 0. The maximum absolute atomic E-state index is 13.9. The monoisotopic (exact) mass is 403 g/mol. The molecule has 30 heavy (non-hydrogen) atoms. The van der Waals surface area contributed by atoms with Crippen LogP contribution in [0.3, 0.4) is 0 Å². The highest BCUT2D eigenvalue weighted by molar-refractivity contribution is 5.73. The van der Waals surface area contributed by atoms with E-state index in [0.717, 1.165) is 48.7 Å². The number of likely N-dealkylation sites (tertiary alicyclic amines) is 1. The Balaban J connectivity index is 1.40. The second-order valence-electron chi connectivity index (χ2n) is 8.08. The number of hydrogen-bond donors (Lipinski definition) is 0. The number of pyridine rings is 1. The summed E-state index contributed by atoms with van der Waals surface area (Å²) in [6.45, 7) is 3.40. The summed E-state index contributed by atoms with van der Waals surface area (Å²) in [5.74, 6) is 0.635. The van der Waals surface area contributed by atoms with Gasteiger partial charge in [0.1, 0.15) is 18.2 Å². The molecule has 3 heterocycles. The average Bonchev–Trinajstić information content (AvgIpc) is 3.16. The Kier molecular flexibility index (Phi) is 5.37. The molecule has 5 heteroatoms. The van der Waals surface area contributed by atoms with Gasteiger partial charge in [0.15, 0.2) is 0 Å². The van der Waals surface area contributed by atoms with Crippen LogP contribution in [-0.2, 0) is 13.0 Å². The van der Waals surface area contributed by atoms with Crippen molar-refractivity contribution in [2.45, 2.75) is 31.9 Å². The number of hydrogen-bond acceptors (Lipinski definition) is 4. The van der Waals surface area contributed by atoms with Crippen LogP contribution in [0.15, 0.2) is 67.0 Å². The molecule has 1 fully saturated rings. The van der Waals surface area contributed by atoms with Gasteiger partial charge in [-0.1, -0.05) is 18.2 Å². The molecule has 154 valence electrons. The topological polar surface area (TPSA) is 28.6 Å². The quantitative estimate of drug-likeness (QED) is 0.602. The predicted octanol–water partition coefficient (Wildman–Crippen LogP) is 4.96. The Morgan fingerprint density at radius 1 is 1.07 bits per heavy atom. The van der Waals surface area contributed by atoms with Gasteiger partial charge in [-0.2, -0.15) is 0 Å². The van der Waals surface area contributed by atoms with Gasteiger partial charge < -0.3 is 9.64 Å². The summed E-state index contributed by atoms with van der Waals surface area (Å²) in [6, 6.07) is 17.8.